The van der Waals surface area contributed by atoms with E-state index in [0.717, 1.165) is 38.0 Å². The Morgan fingerprint density at radius 2 is 1.67 bits per heavy atom. The molecule has 158 valence electrons. The van der Waals surface area contributed by atoms with Gasteiger partial charge in [-0.3, -0.25) is 14.9 Å². The van der Waals surface area contributed by atoms with Crippen LogP contribution >= 0.6 is 0 Å². The molecule has 9 nitrogen and oxygen atoms in total. The second-order valence-electron chi connectivity index (χ2n) is 7.07. The first-order valence-corrected chi connectivity index (χ1v) is 9.97. The number of carbonyl (C=O) groups excluding carboxylic acids is 2. The molecule has 1 aliphatic heterocycles. The van der Waals surface area contributed by atoms with Gasteiger partial charge in [0.1, 0.15) is 0 Å². The third-order valence-corrected chi connectivity index (χ3v) is 4.82. The van der Waals surface area contributed by atoms with Crippen LogP contribution < -0.4 is 20.9 Å². The van der Waals surface area contributed by atoms with Crippen LogP contribution in [0.25, 0.3) is 0 Å². The van der Waals surface area contributed by atoms with Gasteiger partial charge in [-0.05, 0) is 49.6 Å². The molecule has 0 aromatic heterocycles. The molecule has 1 saturated heterocycles. The van der Waals surface area contributed by atoms with E-state index in [1.54, 1.807) is 12.1 Å². The first-order chi connectivity index (χ1) is 14.5. The predicted octanol–water partition coefficient (Wildman–Crippen LogP) is 3.98. The Morgan fingerprint density at radius 3 is 2.30 bits per heavy atom. The quantitative estimate of drug-likeness (QED) is 0.471. The number of amides is 3. The van der Waals surface area contributed by atoms with E-state index in [-0.39, 0.29) is 11.6 Å². The number of non-ortho nitro benzene ring substituents is 1. The zero-order chi connectivity index (χ0) is 21.5. The molecule has 0 bridgehead atoms. The number of nitrogens with zero attached hydrogens (tertiary/aromatic N) is 2. The van der Waals surface area contributed by atoms with E-state index in [1.165, 1.54) is 24.3 Å². The van der Waals surface area contributed by atoms with Crippen molar-refractivity contribution in [3.8, 4) is 0 Å². The van der Waals surface area contributed by atoms with E-state index in [2.05, 4.69) is 20.9 Å². The minimum absolute atomic E-state index is 0.0545. The number of carbonyl (C=O) groups is 2. The van der Waals surface area contributed by atoms with Gasteiger partial charge in [0.2, 0.25) is 0 Å². The van der Waals surface area contributed by atoms with E-state index in [0.29, 0.717) is 23.5 Å². The number of rotatable bonds is 7. The van der Waals surface area contributed by atoms with Crippen molar-refractivity contribution < 1.29 is 14.5 Å². The van der Waals surface area contributed by atoms with Gasteiger partial charge < -0.3 is 20.9 Å². The van der Waals surface area contributed by atoms with E-state index in [1.807, 2.05) is 13.0 Å². The molecule has 1 aliphatic rings. The number of hydrogen-bond acceptors (Lipinski definition) is 5. The lowest BCUT2D eigenvalue weighted by molar-refractivity contribution is -0.384. The van der Waals surface area contributed by atoms with Crippen LogP contribution in [-0.2, 0) is 0 Å². The fourth-order valence-corrected chi connectivity index (χ4v) is 3.32. The third-order valence-electron chi connectivity index (χ3n) is 4.82. The molecule has 0 unspecified atom stereocenters. The molecule has 3 N–H and O–H groups in total. The highest BCUT2D eigenvalue weighted by molar-refractivity contribution is 6.04. The van der Waals surface area contributed by atoms with E-state index < -0.39 is 11.0 Å². The molecule has 1 heterocycles. The van der Waals surface area contributed by atoms with Crippen LogP contribution in [0.4, 0.5) is 27.5 Å². The van der Waals surface area contributed by atoms with Crippen molar-refractivity contribution >= 4 is 34.7 Å². The summed E-state index contributed by atoms with van der Waals surface area (Å²) < 4.78 is 0. The van der Waals surface area contributed by atoms with Crippen LogP contribution in [0.2, 0.25) is 0 Å². The Bertz CT molecular complexity index is 923. The van der Waals surface area contributed by atoms with E-state index >= 15 is 0 Å². The van der Waals surface area contributed by atoms with Crippen LogP contribution in [0, 0.1) is 10.1 Å². The summed E-state index contributed by atoms with van der Waals surface area (Å²) in [6.45, 7) is 4.38. The smallest absolute Gasteiger partial charge is 0.323 e. The van der Waals surface area contributed by atoms with Gasteiger partial charge >= 0.3 is 6.03 Å². The molecular formula is C21H25N5O4. The summed E-state index contributed by atoms with van der Waals surface area (Å²) in [5, 5.41) is 19.0. The molecule has 0 atom stereocenters. The summed E-state index contributed by atoms with van der Waals surface area (Å²) in [5.41, 5.74) is 2.24. The molecule has 9 heteroatoms. The molecule has 0 radical (unpaired) electrons. The molecule has 2 aromatic carbocycles. The summed E-state index contributed by atoms with van der Waals surface area (Å²) in [4.78, 5) is 37.4. The summed E-state index contributed by atoms with van der Waals surface area (Å²) in [6, 6.07) is 10.3. The zero-order valence-electron chi connectivity index (χ0n) is 16.8. The summed E-state index contributed by atoms with van der Waals surface area (Å²) >= 11 is 0. The van der Waals surface area contributed by atoms with Crippen LogP contribution in [-0.4, -0.2) is 36.5 Å². The van der Waals surface area contributed by atoms with Gasteiger partial charge in [0.05, 0.1) is 10.5 Å². The van der Waals surface area contributed by atoms with Gasteiger partial charge in [-0.25, -0.2) is 4.79 Å². The Balaban J connectivity index is 1.73. The molecule has 2 aromatic rings. The average molecular weight is 411 g/mol. The van der Waals surface area contributed by atoms with Crippen molar-refractivity contribution in [1.82, 2.24) is 5.32 Å². The van der Waals surface area contributed by atoms with Gasteiger partial charge in [0.15, 0.2) is 0 Å². The number of urea groups is 1. The van der Waals surface area contributed by atoms with Crippen LogP contribution in [0.15, 0.2) is 42.5 Å². The lowest BCUT2D eigenvalue weighted by atomic mass is 10.1. The first kappa shape index (κ1) is 21.1. The minimum atomic E-state index is -0.503. The monoisotopic (exact) mass is 411 g/mol. The highest BCUT2D eigenvalue weighted by Crippen LogP contribution is 2.28. The number of anilines is 3. The SMILES string of the molecule is CCCNC(=O)c1cc(NC(=O)Nc2ccc([N+](=O)[O-])cc2)ccc1N1CCCC1. The maximum atomic E-state index is 12.7. The minimum Gasteiger partial charge on any atom is -0.371 e. The lowest BCUT2D eigenvalue weighted by Crippen LogP contribution is -2.28. The number of benzene rings is 2. The average Bonchev–Trinajstić information content (AvgIpc) is 3.27. The van der Waals surface area contributed by atoms with E-state index in [4.69, 9.17) is 0 Å². The van der Waals surface area contributed by atoms with Gasteiger partial charge in [0.25, 0.3) is 11.6 Å². The fourth-order valence-electron chi connectivity index (χ4n) is 3.32. The van der Waals surface area contributed by atoms with Gasteiger partial charge in [-0.1, -0.05) is 6.92 Å². The van der Waals surface area contributed by atoms with Crippen molar-refractivity contribution in [3.05, 3.63) is 58.1 Å². The van der Waals surface area contributed by atoms with Crippen molar-refractivity contribution in [2.45, 2.75) is 26.2 Å². The lowest BCUT2D eigenvalue weighted by Gasteiger charge is -2.22. The second-order valence-corrected chi connectivity index (χ2v) is 7.07. The molecule has 0 saturated carbocycles. The molecule has 0 spiro atoms. The van der Waals surface area contributed by atoms with Crippen molar-refractivity contribution in [2.75, 3.05) is 35.2 Å². The maximum Gasteiger partial charge on any atom is 0.323 e. The predicted molar refractivity (Wildman–Crippen MR) is 116 cm³/mol. The topological polar surface area (TPSA) is 117 Å². The normalized spacial score (nSPS) is 13.0. The highest BCUT2D eigenvalue weighted by Gasteiger charge is 2.20. The third kappa shape index (κ3) is 5.25. The summed E-state index contributed by atoms with van der Waals surface area (Å²) in [7, 11) is 0. The zero-order valence-corrected chi connectivity index (χ0v) is 16.8. The van der Waals surface area contributed by atoms with Crippen molar-refractivity contribution in [3.63, 3.8) is 0 Å². The van der Waals surface area contributed by atoms with Crippen LogP contribution in [0.5, 0.6) is 0 Å². The Labute approximate surface area is 174 Å². The Kier molecular flexibility index (Phi) is 6.84. The molecule has 3 rings (SSSR count). The van der Waals surface area contributed by atoms with Crippen molar-refractivity contribution in [2.24, 2.45) is 0 Å². The van der Waals surface area contributed by atoms with Gasteiger partial charge in [-0.2, -0.15) is 0 Å². The molecule has 3 amide bonds. The largest absolute Gasteiger partial charge is 0.371 e. The number of hydrogen-bond donors (Lipinski definition) is 3. The number of nitrogens with one attached hydrogen (secondary N) is 3. The van der Waals surface area contributed by atoms with Crippen LogP contribution in [0.1, 0.15) is 36.5 Å². The number of nitro benzene ring substituents is 1. The highest BCUT2D eigenvalue weighted by atomic mass is 16.6. The molecule has 30 heavy (non-hydrogen) atoms. The molecule has 1 fully saturated rings. The van der Waals surface area contributed by atoms with Crippen LogP contribution in [0.3, 0.4) is 0 Å². The fraction of sp³-hybridized carbons (Fsp3) is 0.333. The number of nitro groups is 1. The second kappa shape index (κ2) is 9.73. The summed E-state index contributed by atoms with van der Waals surface area (Å²) in [5.74, 6) is -0.168. The van der Waals surface area contributed by atoms with Gasteiger partial charge in [-0.15, -0.1) is 0 Å². The van der Waals surface area contributed by atoms with Gasteiger partial charge in [0, 0.05) is 48.8 Å². The maximum absolute atomic E-state index is 12.7. The standard InChI is InChI=1S/C21H25N5O4/c1-2-11-22-20(27)18-14-16(7-10-19(18)25-12-3-4-13-25)24-21(28)23-15-5-8-17(9-6-15)26(29)30/h5-10,14H,2-4,11-13H2,1H3,(H,22,27)(H2,23,24,28). The summed E-state index contributed by atoms with van der Waals surface area (Å²) in [6.07, 6.45) is 3.02. The van der Waals surface area contributed by atoms with Crippen molar-refractivity contribution in [1.29, 1.82) is 0 Å². The first-order valence-electron chi connectivity index (χ1n) is 9.97. The molecule has 0 aliphatic carbocycles. The van der Waals surface area contributed by atoms with E-state index in [9.17, 15) is 19.7 Å². The molecular weight excluding hydrogens is 386 g/mol. The Morgan fingerprint density at radius 1 is 1.03 bits per heavy atom. The Hall–Kier alpha value is -3.62.